The molecule has 10 heavy (non-hydrogen) atoms. The highest BCUT2D eigenvalue weighted by Gasteiger charge is 2.32. The highest BCUT2D eigenvalue weighted by atomic mass is 35.5. The molecule has 2 heteroatoms. The highest BCUT2D eigenvalue weighted by molar-refractivity contribution is 5.85. The van der Waals surface area contributed by atoms with Gasteiger partial charge in [0.2, 0.25) is 0 Å². The molecule has 0 amide bonds. The van der Waals surface area contributed by atoms with Gasteiger partial charge in [-0.1, -0.05) is 20.3 Å². The Labute approximate surface area is 69.8 Å². The lowest BCUT2D eigenvalue weighted by atomic mass is 9.67. The van der Waals surface area contributed by atoms with Gasteiger partial charge in [-0.3, -0.25) is 0 Å². The molecule has 0 bridgehead atoms. The van der Waals surface area contributed by atoms with E-state index in [1.165, 1.54) is 19.3 Å². The van der Waals surface area contributed by atoms with Gasteiger partial charge in [0.15, 0.2) is 0 Å². The van der Waals surface area contributed by atoms with Crippen LogP contribution in [0.3, 0.4) is 0 Å². The molecule has 62 valence electrons. The molecule has 1 nitrogen and oxygen atoms in total. The molecule has 0 aromatic heterocycles. The molecule has 0 saturated heterocycles. The molecule has 0 radical (unpaired) electrons. The summed E-state index contributed by atoms with van der Waals surface area (Å²) in [7, 11) is 0. The van der Waals surface area contributed by atoms with Gasteiger partial charge in [-0.15, -0.1) is 12.4 Å². The first kappa shape index (κ1) is 10.2. The van der Waals surface area contributed by atoms with E-state index in [0.717, 1.165) is 12.5 Å². The predicted molar refractivity (Wildman–Crippen MR) is 47.4 cm³/mol. The summed E-state index contributed by atoms with van der Waals surface area (Å²) in [6, 6.07) is 0. The van der Waals surface area contributed by atoms with Crippen LogP contribution in [0, 0.1) is 11.3 Å². The lowest BCUT2D eigenvalue weighted by molar-refractivity contribution is 0.129. The van der Waals surface area contributed by atoms with Gasteiger partial charge in [0.25, 0.3) is 0 Å². The molecule has 1 saturated carbocycles. The van der Waals surface area contributed by atoms with Crippen LogP contribution in [0.2, 0.25) is 0 Å². The van der Waals surface area contributed by atoms with Crippen LogP contribution in [-0.4, -0.2) is 6.54 Å². The zero-order chi connectivity index (χ0) is 6.91. The summed E-state index contributed by atoms with van der Waals surface area (Å²) in [6.45, 7) is 5.39. The first-order valence-corrected chi connectivity index (χ1v) is 3.87. The van der Waals surface area contributed by atoms with Crippen LogP contribution in [0.5, 0.6) is 0 Å². The maximum Gasteiger partial charge on any atom is -0.00232 e. The fourth-order valence-corrected chi connectivity index (χ4v) is 1.36. The zero-order valence-electron chi connectivity index (χ0n) is 6.89. The van der Waals surface area contributed by atoms with Crippen molar-refractivity contribution < 1.29 is 0 Å². The van der Waals surface area contributed by atoms with Crippen LogP contribution in [0.4, 0.5) is 0 Å². The van der Waals surface area contributed by atoms with Crippen LogP contribution in [-0.2, 0) is 0 Å². The molecule has 0 heterocycles. The van der Waals surface area contributed by atoms with E-state index in [9.17, 15) is 0 Å². The molecule has 2 N–H and O–H groups in total. The monoisotopic (exact) mass is 163 g/mol. The predicted octanol–water partition coefficient (Wildman–Crippen LogP) is 2.19. The van der Waals surface area contributed by atoms with Crippen molar-refractivity contribution in [3.63, 3.8) is 0 Å². The molecule has 0 aromatic rings. The van der Waals surface area contributed by atoms with Crippen LogP contribution in [0.25, 0.3) is 0 Å². The third kappa shape index (κ3) is 1.86. The Morgan fingerprint density at radius 2 is 1.90 bits per heavy atom. The van der Waals surface area contributed by atoms with Crippen molar-refractivity contribution in [2.45, 2.75) is 33.1 Å². The van der Waals surface area contributed by atoms with Crippen molar-refractivity contribution in [3.05, 3.63) is 0 Å². The maximum absolute atomic E-state index is 5.62. The Balaban J connectivity index is 0.000000810. The second-order valence-corrected chi connectivity index (χ2v) is 3.82. The van der Waals surface area contributed by atoms with Gasteiger partial charge >= 0.3 is 0 Å². The first-order valence-electron chi connectivity index (χ1n) is 3.87. The van der Waals surface area contributed by atoms with Gasteiger partial charge in [-0.25, -0.2) is 0 Å². The molecule has 0 aliphatic heterocycles. The van der Waals surface area contributed by atoms with Crippen molar-refractivity contribution in [2.75, 3.05) is 6.54 Å². The summed E-state index contributed by atoms with van der Waals surface area (Å²) in [5.74, 6) is 0.919. The number of nitrogens with two attached hydrogens (primary N) is 1. The summed E-state index contributed by atoms with van der Waals surface area (Å²) in [4.78, 5) is 0. The van der Waals surface area contributed by atoms with E-state index >= 15 is 0 Å². The average Bonchev–Trinajstić information content (AvgIpc) is 1.60. The fourth-order valence-electron chi connectivity index (χ4n) is 1.36. The zero-order valence-corrected chi connectivity index (χ0v) is 7.71. The van der Waals surface area contributed by atoms with Gasteiger partial charge in [-0.2, -0.15) is 0 Å². The molecular weight excluding hydrogens is 146 g/mol. The third-order valence-corrected chi connectivity index (χ3v) is 2.74. The summed E-state index contributed by atoms with van der Waals surface area (Å²) in [5.41, 5.74) is 6.03. The highest BCUT2D eigenvalue weighted by Crippen LogP contribution is 2.40. The van der Waals surface area contributed by atoms with E-state index in [1.807, 2.05) is 0 Å². The Morgan fingerprint density at radius 3 is 2.00 bits per heavy atom. The number of rotatable bonds is 2. The summed E-state index contributed by atoms with van der Waals surface area (Å²) in [6.07, 6.45) is 4.24. The Morgan fingerprint density at radius 1 is 1.40 bits per heavy atom. The second kappa shape index (κ2) is 3.59. The maximum atomic E-state index is 5.62. The molecule has 0 aromatic carbocycles. The molecule has 1 aliphatic rings. The molecule has 0 unspecified atom stereocenters. The molecule has 1 rings (SSSR count). The van der Waals surface area contributed by atoms with Gasteiger partial charge in [0, 0.05) is 0 Å². The van der Waals surface area contributed by atoms with Gasteiger partial charge in [0.05, 0.1) is 0 Å². The standard InChI is InChI=1S/C8H17N.ClH/c1-8(2,6-9)7-4-3-5-7;/h7H,3-6,9H2,1-2H3;1H. The topological polar surface area (TPSA) is 26.0 Å². The first-order chi connectivity index (χ1) is 4.17. The van der Waals surface area contributed by atoms with Crippen LogP contribution in [0.1, 0.15) is 33.1 Å². The molecule has 0 atom stereocenters. The van der Waals surface area contributed by atoms with Gasteiger partial charge in [0.1, 0.15) is 0 Å². The van der Waals surface area contributed by atoms with Crippen molar-refractivity contribution in [2.24, 2.45) is 17.1 Å². The summed E-state index contributed by atoms with van der Waals surface area (Å²) >= 11 is 0. The van der Waals surface area contributed by atoms with E-state index in [0.29, 0.717) is 5.41 Å². The Kier molecular flexibility index (Phi) is 3.68. The SMILES string of the molecule is CC(C)(CN)C1CCC1.Cl. The minimum Gasteiger partial charge on any atom is -0.330 e. The molecule has 0 spiro atoms. The van der Waals surface area contributed by atoms with E-state index in [1.54, 1.807) is 0 Å². The van der Waals surface area contributed by atoms with Crippen molar-refractivity contribution >= 4 is 12.4 Å². The summed E-state index contributed by atoms with van der Waals surface area (Å²) in [5, 5.41) is 0. The van der Waals surface area contributed by atoms with Crippen LogP contribution >= 0.6 is 12.4 Å². The quantitative estimate of drug-likeness (QED) is 0.664. The molecular formula is C8H18ClN. The largest absolute Gasteiger partial charge is 0.330 e. The number of halogens is 1. The summed E-state index contributed by atoms with van der Waals surface area (Å²) < 4.78 is 0. The minimum atomic E-state index is 0. The van der Waals surface area contributed by atoms with E-state index in [2.05, 4.69) is 13.8 Å². The van der Waals surface area contributed by atoms with Crippen molar-refractivity contribution in [1.82, 2.24) is 0 Å². The van der Waals surface area contributed by atoms with E-state index in [4.69, 9.17) is 5.73 Å². The average molecular weight is 164 g/mol. The fraction of sp³-hybridized carbons (Fsp3) is 1.00. The van der Waals surface area contributed by atoms with Crippen LogP contribution in [0.15, 0.2) is 0 Å². The normalized spacial score (nSPS) is 19.5. The van der Waals surface area contributed by atoms with E-state index in [-0.39, 0.29) is 12.4 Å². The number of hydrogen-bond acceptors (Lipinski definition) is 1. The minimum absolute atomic E-state index is 0. The van der Waals surface area contributed by atoms with Crippen molar-refractivity contribution in [3.8, 4) is 0 Å². The van der Waals surface area contributed by atoms with Crippen LogP contribution < -0.4 is 5.73 Å². The second-order valence-electron chi connectivity index (χ2n) is 3.82. The molecule has 1 fully saturated rings. The third-order valence-electron chi connectivity index (χ3n) is 2.74. The molecule has 1 aliphatic carbocycles. The lowest BCUT2D eigenvalue weighted by Gasteiger charge is -2.39. The van der Waals surface area contributed by atoms with Gasteiger partial charge < -0.3 is 5.73 Å². The van der Waals surface area contributed by atoms with Gasteiger partial charge in [-0.05, 0) is 30.7 Å². The van der Waals surface area contributed by atoms with E-state index < -0.39 is 0 Å². The Hall–Kier alpha value is 0.250. The van der Waals surface area contributed by atoms with Crippen molar-refractivity contribution in [1.29, 1.82) is 0 Å². The lowest BCUT2D eigenvalue weighted by Crippen LogP contribution is -2.36. The Bertz CT molecular complexity index is 97.4. The smallest absolute Gasteiger partial charge is 0.00232 e. The number of hydrogen-bond donors (Lipinski definition) is 1.